The Morgan fingerprint density at radius 2 is 2.33 bits per heavy atom. The van der Waals surface area contributed by atoms with Crippen molar-refractivity contribution in [3.05, 3.63) is 0 Å². The number of aliphatic hydroxyl groups is 2. The van der Waals surface area contributed by atoms with Crippen LogP contribution in [0.15, 0.2) is 0 Å². The lowest BCUT2D eigenvalue weighted by Crippen LogP contribution is -2.14. The van der Waals surface area contributed by atoms with Crippen molar-refractivity contribution in [1.29, 1.82) is 0 Å². The van der Waals surface area contributed by atoms with Crippen LogP contribution in [-0.2, 0) is 4.74 Å². The van der Waals surface area contributed by atoms with Crippen molar-refractivity contribution in [2.45, 2.75) is 25.0 Å². The maximum absolute atomic E-state index is 9.08. The Labute approximate surface area is 54.3 Å². The molecule has 1 saturated heterocycles. The molecule has 2 unspecified atom stereocenters. The number of ether oxygens (including phenoxy) is 1. The zero-order valence-corrected chi connectivity index (χ0v) is 5.29. The molecule has 0 aliphatic carbocycles. The van der Waals surface area contributed by atoms with E-state index < -0.39 is 0 Å². The van der Waals surface area contributed by atoms with Crippen LogP contribution in [0.3, 0.4) is 0 Å². The first kappa shape index (κ1) is 6.99. The molecule has 1 aliphatic heterocycles. The third-order valence-electron chi connectivity index (χ3n) is 1.45. The van der Waals surface area contributed by atoms with Crippen LogP contribution in [0.2, 0.25) is 0 Å². The molecule has 0 aromatic heterocycles. The Bertz CT molecular complexity index is 80.4. The third-order valence-corrected chi connectivity index (χ3v) is 1.45. The van der Waals surface area contributed by atoms with Gasteiger partial charge in [0.25, 0.3) is 0 Å². The first-order valence-electron chi connectivity index (χ1n) is 3.25. The predicted octanol–water partition coefficient (Wildman–Crippen LogP) is -0.481. The molecule has 0 amide bonds. The lowest BCUT2D eigenvalue weighted by molar-refractivity contribution is 0.116. The largest absolute Gasteiger partial charge is 0.396 e. The minimum absolute atomic E-state index is 0.0662. The molecule has 1 fully saturated rings. The van der Waals surface area contributed by atoms with Gasteiger partial charge in [-0.05, 0) is 12.8 Å². The van der Waals surface area contributed by atoms with Crippen LogP contribution in [0.5, 0.6) is 0 Å². The van der Waals surface area contributed by atoms with E-state index in [0.29, 0.717) is 19.4 Å². The Balaban J connectivity index is 1.96. The van der Waals surface area contributed by atoms with E-state index in [1.54, 1.807) is 0 Å². The smallest absolute Gasteiger partial charge is 0.107 e. The molecule has 1 heterocycles. The minimum atomic E-state index is -0.350. The summed E-state index contributed by atoms with van der Waals surface area (Å²) in [4.78, 5) is 0. The van der Waals surface area contributed by atoms with Gasteiger partial charge in [-0.2, -0.15) is 0 Å². The summed E-state index contributed by atoms with van der Waals surface area (Å²) in [5.41, 5.74) is 0. The summed E-state index contributed by atoms with van der Waals surface area (Å²) in [7, 11) is 0. The fraction of sp³-hybridized carbons (Fsp3) is 1.00. The Kier molecular flexibility index (Phi) is 2.45. The zero-order chi connectivity index (χ0) is 6.69. The van der Waals surface area contributed by atoms with Crippen molar-refractivity contribution in [2.24, 2.45) is 0 Å². The summed E-state index contributed by atoms with van der Waals surface area (Å²) < 4.78 is 4.84. The van der Waals surface area contributed by atoms with Gasteiger partial charge in [0, 0.05) is 6.61 Å². The van der Waals surface area contributed by atoms with E-state index in [1.165, 1.54) is 0 Å². The van der Waals surface area contributed by atoms with E-state index in [9.17, 15) is 0 Å². The molecule has 0 radical (unpaired) electrons. The van der Waals surface area contributed by atoms with E-state index in [-0.39, 0.29) is 18.8 Å². The van der Waals surface area contributed by atoms with Crippen LogP contribution >= 0.6 is 0 Å². The number of hydrogen-bond donors (Lipinski definition) is 2. The highest BCUT2D eigenvalue weighted by Crippen LogP contribution is 2.16. The average molecular weight is 132 g/mol. The van der Waals surface area contributed by atoms with Crippen LogP contribution in [-0.4, -0.2) is 35.6 Å². The topological polar surface area (TPSA) is 53.0 Å². The summed E-state index contributed by atoms with van der Waals surface area (Å²) in [5.74, 6) is 0. The van der Waals surface area contributed by atoms with Crippen LogP contribution in [0, 0.1) is 0 Å². The fourth-order valence-corrected chi connectivity index (χ4v) is 0.764. The second-order valence-corrected chi connectivity index (χ2v) is 2.30. The van der Waals surface area contributed by atoms with Gasteiger partial charge in [0.15, 0.2) is 0 Å². The SMILES string of the molecule is OCCCC(O)C1CO1. The summed E-state index contributed by atoms with van der Waals surface area (Å²) in [6, 6.07) is 0. The Morgan fingerprint density at radius 3 is 2.78 bits per heavy atom. The molecule has 1 aliphatic rings. The molecule has 0 spiro atoms. The summed E-state index contributed by atoms with van der Waals surface area (Å²) >= 11 is 0. The third kappa shape index (κ3) is 2.30. The Morgan fingerprint density at radius 1 is 1.67 bits per heavy atom. The summed E-state index contributed by atoms with van der Waals surface area (Å²) in [5, 5.41) is 17.4. The second-order valence-electron chi connectivity index (χ2n) is 2.30. The molecule has 3 heteroatoms. The molecular formula is C6H12O3. The summed E-state index contributed by atoms with van der Waals surface area (Å²) in [6.07, 6.45) is 1.04. The second kappa shape index (κ2) is 3.15. The van der Waals surface area contributed by atoms with Gasteiger partial charge >= 0.3 is 0 Å². The monoisotopic (exact) mass is 132 g/mol. The van der Waals surface area contributed by atoms with Crippen LogP contribution in [0.1, 0.15) is 12.8 Å². The molecule has 3 nitrogen and oxygen atoms in total. The molecular weight excluding hydrogens is 120 g/mol. The van der Waals surface area contributed by atoms with Crippen molar-refractivity contribution in [1.82, 2.24) is 0 Å². The van der Waals surface area contributed by atoms with E-state index in [0.717, 1.165) is 0 Å². The van der Waals surface area contributed by atoms with Gasteiger partial charge in [0.2, 0.25) is 0 Å². The molecule has 54 valence electrons. The van der Waals surface area contributed by atoms with E-state index >= 15 is 0 Å². The van der Waals surface area contributed by atoms with Gasteiger partial charge in [-0.15, -0.1) is 0 Å². The quantitative estimate of drug-likeness (QED) is 0.508. The van der Waals surface area contributed by atoms with Crippen molar-refractivity contribution < 1.29 is 14.9 Å². The fourth-order valence-electron chi connectivity index (χ4n) is 0.764. The van der Waals surface area contributed by atoms with Gasteiger partial charge in [0.1, 0.15) is 6.10 Å². The van der Waals surface area contributed by atoms with Gasteiger partial charge in [-0.25, -0.2) is 0 Å². The predicted molar refractivity (Wildman–Crippen MR) is 32.1 cm³/mol. The van der Waals surface area contributed by atoms with E-state index in [4.69, 9.17) is 14.9 Å². The van der Waals surface area contributed by atoms with Gasteiger partial charge in [-0.1, -0.05) is 0 Å². The van der Waals surface area contributed by atoms with Crippen molar-refractivity contribution in [3.8, 4) is 0 Å². The molecule has 0 saturated carbocycles. The maximum Gasteiger partial charge on any atom is 0.107 e. The average Bonchev–Trinajstić information content (AvgIpc) is 2.63. The van der Waals surface area contributed by atoms with E-state index in [2.05, 4.69) is 0 Å². The minimum Gasteiger partial charge on any atom is -0.396 e. The molecule has 2 N–H and O–H groups in total. The lowest BCUT2D eigenvalue weighted by atomic mass is 10.1. The van der Waals surface area contributed by atoms with Crippen LogP contribution < -0.4 is 0 Å². The van der Waals surface area contributed by atoms with Gasteiger partial charge in [0.05, 0.1) is 12.7 Å². The van der Waals surface area contributed by atoms with Gasteiger partial charge < -0.3 is 14.9 Å². The molecule has 0 bridgehead atoms. The number of aliphatic hydroxyl groups excluding tert-OH is 2. The number of hydrogen-bond acceptors (Lipinski definition) is 3. The van der Waals surface area contributed by atoms with Crippen LogP contribution in [0.4, 0.5) is 0 Å². The lowest BCUT2D eigenvalue weighted by Gasteiger charge is -2.03. The molecule has 0 aromatic carbocycles. The van der Waals surface area contributed by atoms with Crippen molar-refractivity contribution in [3.63, 3.8) is 0 Å². The van der Waals surface area contributed by atoms with Crippen LogP contribution in [0.25, 0.3) is 0 Å². The standard InChI is InChI=1S/C6H12O3/c7-3-1-2-5(8)6-4-9-6/h5-8H,1-4H2. The van der Waals surface area contributed by atoms with Crippen molar-refractivity contribution in [2.75, 3.05) is 13.2 Å². The first-order chi connectivity index (χ1) is 4.34. The Hall–Kier alpha value is -0.120. The number of epoxide rings is 1. The van der Waals surface area contributed by atoms with E-state index in [1.807, 2.05) is 0 Å². The maximum atomic E-state index is 9.08. The number of rotatable bonds is 4. The highest BCUT2D eigenvalue weighted by Gasteiger charge is 2.30. The molecule has 9 heavy (non-hydrogen) atoms. The van der Waals surface area contributed by atoms with Gasteiger partial charge in [-0.3, -0.25) is 0 Å². The summed E-state index contributed by atoms with van der Waals surface area (Å²) in [6.45, 7) is 0.844. The zero-order valence-electron chi connectivity index (χ0n) is 5.29. The molecule has 1 rings (SSSR count). The molecule has 2 atom stereocenters. The highest BCUT2D eigenvalue weighted by atomic mass is 16.6. The molecule has 0 aromatic rings. The first-order valence-corrected chi connectivity index (χ1v) is 3.25. The highest BCUT2D eigenvalue weighted by molar-refractivity contribution is 4.77. The van der Waals surface area contributed by atoms with Crippen molar-refractivity contribution >= 4 is 0 Å². The normalized spacial score (nSPS) is 28.0.